The van der Waals surface area contributed by atoms with Gasteiger partial charge in [-0.1, -0.05) is 20.8 Å². The summed E-state index contributed by atoms with van der Waals surface area (Å²) in [6, 6.07) is 0.629. The molecule has 1 heterocycles. The second-order valence-electron chi connectivity index (χ2n) is 8.06. The largest absolute Gasteiger partial charge is 0.347 e. The summed E-state index contributed by atoms with van der Waals surface area (Å²) in [5, 5.41) is 3.38. The van der Waals surface area contributed by atoms with Gasteiger partial charge in [-0.15, -0.1) is 0 Å². The summed E-state index contributed by atoms with van der Waals surface area (Å²) in [5.74, 6) is 1.08. The van der Waals surface area contributed by atoms with E-state index in [1.165, 1.54) is 25.7 Å². The van der Waals surface area contributed by atoms with Crippen LogP contribution in [0.4, 0.5) is 0 Å². The lowest BCUT2D eigenvalue weighted by molar-refractivity contribution is -0.136. The smallest absolute Gasteiger partial charge is 0.240 e. The van der Waals surface area contributed by atoms with E-state index in [2.05, 4.69) is 31.0 Å². The fraction of sp³-hybridized carbons (Fsp3) is 0.941. The first-order valence-corrected chi connectivity index (χ1v) is 8.48. The van der Waals surface area contributed by atoms with Gasteiger partial charge in [0.25, 0.3) is 0 Å². The topological polar surface area (TPSA) is 35.6 Å². The quantitative estimate of drug-likeness (QED) is 0.846. The number of nitrogens with one attached hydrogen (secondary N) is 1. The van der Waals surface area contributed by atoms with Crippen LogP contribution < -0.4 is 5.32 Å². The van der Waals surface area contributed by atoms with E-state index >= 15 is 0 Å². The minimum absolute atomic E-state index is 0.0323. The van der Waals surface area contributed by atoms with Crippen LogP contribution in [0.15, 0.2) is 0 Å². The second-order valence-corrected chi connectivity index (χ2v) is 8.06. The van der Waals surface area contributed by atoms with Gasteiger partial charge >= 0.3 is 0 Å². The highest BCUT2D eigenvalue weighted by atomic mass is 16.2. The maximum Gasteiger partial charge on any atom is 0.240 e. The fourth-order valence-corrected chi connectivity index (χ4v) is 3.96. The van der Waals surface area contributed by atoms with Crippen LogP contribution in [0.5, 0.6) is 0 Å². The predicted molar refractivity (Wildman–Crippen MR) is 87.3 cm³/mol. The molecule has 1 atom stereocenters. The van der Waals surface area contributed by atoms with Crippen molar-refractivity contribution in [2.24, 2.45) is 11.3 Å². The second kappa shape index (κ2) is 6.66. The Morgan fingerprint density at radius 3 is 2.29 bits per heavy atom. The van der Waals surface area contributed by atoms with Crippen molar-refractivity contribution in [1.82, 2.24) is 15.1 Å². The van der Waals surface area contributed by atoms with Gasteiger partial charge in [-0.05, 0) is 37.0 Å². The summed E-state index contributed by atoms with van der Waals surface area (Å²) in [6.07, 6.45) is 5.11. The summed E-state index contributed by atoms with van der Waals surface area (Å²) < 4.78 is 0. The van der Waals surface area contributed by atoms with Crippen LogP contribution in [0.3, 0.4) is 0 Å². The van der Waals surface area contributed by atoms with Crippen molar-refractivity contribution in [3.8, 4) is 0 Å². The third-order valence-electron chi connectivity index (χ3n) is 5.40. The number of hydrogen-bond donors (Lipinski definition) is 1. The number of nitrogens with zero attached hydrogens (tertiary/aromatic N) is 2. The molecule has 1 saturated carbocycles. The minimum atomic E-state index is 0.0323. The van der Waals surface area contributed by atoms with Gasteiger partial charge in [0.1, 0.15) is 6.04 Å². The Bertz CT molecular complexity index is 354. The molecule has 1 saturated heterocycles. The van der Waals surface area contributed by atoms with Crippen molar-refractivity contribution in [3.05, 3.63) is 0 Å². The molecule has 2 fully saturated rings. The molecule has 1 aliphatic carbocycles. The Hall–Kier alpha value is -0.610. The summed E-state index contributed by atoms with van der Waals surface area (Å²) in [5.41, 5.74) is 0.424. The molecule has 0 aromatic heterocycles. The predicted octanol–water partition coefficient (Wildman–Crippen LogP) is 1.95. The molecule has 4 heteroatoms. The monoisotopic (exact) mass is 295 g/mol. The first kappa shape index (κ1) is 16.8. The number of carbonyl (C=O) groups excluding carboxylic acids is 1. The van der Waals surface area contributed by atoms with Crippen molar-refractivity contribution in [2.45, 2.75) is 58.5 Å². The lowest BCUT2D eigenvalue weighted by atomic mass is 9.71. The highest BCUT2D eigenvalue weighted by Gasteiger charge is 2.37. The number of likely N-dealkylation sites (N-methyl/N-ethyl adjacent to an activating group) is 1. The van der Waals surface area contributed by atoms with E-state index < -0.39 is 0 Å². The molecule has 0 aromatic rings. The molecule has 122 valence electrons. The van der Waals surface area contributed by atoms with Crippen molar-refractivity contribution < 1.29 is 4.79 Å². The number of rotatable bonds is 2. The summed E-state index contributed by atoms with van der Waals surface area (Å²) >= 11 is 0. The molecule has 21 heavy (non-hydrogen) atoms. The van der Waals surface area contributed by atoms with Crippen molar-refractivity contribution in [3.63, 3.8) is 0 Å². The highest BCUT2D eigenvalue weighted by Crippen LogP contribution is 2.39. The van der Waals surface area contributed by atoms with Crippen molar-refractivity contribution >= 4 is 5.91 Å². The van der Waals surface area contributed by atoms with Gasteiger partial charge in [-0.2, -0.15) is 0 Å². The van der Waals surface area contributed by atoms with Gasteiger partial charge in [0.05, 0.1) is 0 Å². The van der Waals surface area contributed by atoms with Gasteiger partial charge in [-0.25, -0.2) is 0 Å². The average Bonchev–Trinajstić information content (AvgIpc) is 2.45. The van der Waals surface area contributed by atoms with Gasteiger partial charge < -0.3 is 10.2 Å². The van der Waals surface area contributed by atoms with E-state index in [0.717, 1.165) is 25.6 Å². The molecule has 1 aliphatic heterocycles. The molecule has 1 N–H and O–H groups in total. The van der Waals surface area contributed by atoms with Crippen LogP contribution in [0.1, 0.15) is 46.5 Å². The zero-order valence-electron chi connectivity index (χ0n) is 14.5. The van der Waals surface area contributed by atoms with E-state index in [4.69, 9.17) is 0 Å². The van der Waals surface area contributed by atoms with E-state index in [1.54, 1.807) is 4.90 Å². The van der Waals surface area contributed by atoms with E-state index in [9.17, 15) is 4.79 Å². The Kier molecular flexibility index (Phi) is 5.31. The zero-order valence-corrected chi connectivity index (χ0v) is 14.5. The number of piperazine rings is 1. The zero-order chi connectivity index (χ0) is 15.6. The number of carbonyl (C=O) groups is 1. The Morgan fingerprint density at radius 2 is 1.76 bits per heavy atom. The van der Waals surface area contributed by atoms with Crippen LogP contribution >= 0.6 is 0 Å². The molecule has 0 bridgehead atoms. The standard InChI is InChI=1S/C17H33N3O/c1-17(2,3)13-6-8-14(9-7-13)20-11-10-18-12-15(20)16(21)19(4)5/h13-15,18H,6-12H2,1-5H3. The Labute approximate surface area is 130 Å². The van der Waals surface area contributed by atoms with Crippen LogP contribution in [0.25, 0.3) is 0 Å². The Morgan fingerprint density at radius 1 is 1.14 bits per heavy atom. The lowest BCUT2D eigenvalue weighted by Gasteiger charge is -2.45. The van der Waals surface area contributed by atoms with Crippen LogP contribution in [0.2, 0.25) is 0 Å². The third kappa shape index (κ3) is 3.98. The number of amides is 1. The van der Waals surface area contributed by atoms with E-state index in [1.807, 2.05) is 14.1 Å². The first-order valence-electron chi connectivity index (χ1n) is 8.48. The number of hydrogen-bond acceptors (Lipinski definition) is 3. The normalized spacial score (nSPS) is 32.0. The van der Waals surface area contributed by atoms with Crippen LogP contribution in [-0.2, 0) is 4.79 Å². The summed E-state index contributed by atoms with van der Waals surface area (Å²) in [7, 11) is 3.73. The third-order valence-corrected chi connectivity index (χ3v) is 5.40. The SMILES string of the molecule is CN(C)C(=O)C1CNCCN1C1CCC(C(C)(C)C)CC1. The minimum Gasteiger partial charge on any atom is -0.347 e. The van der Waals surface area contributed by atoms with E-state index in [0.29, 0.717) is 11.5 Å². The maximum atomic E-state index is 12.4. The molecule has 0 aromatic carbocycles. The summed E-state index contributed by atoms with van der Waals surface area (Å²) in [6.45, 7) is 9.91. The highest BCUT2D eigenvalue weighted by molar-refractivity contribution is 5.81. The van der Waals surface area contributed by atoms with Gasteiger partial charge in [0.15, 0.2) is 0 Å². The lowest BCUT2D eigenvalue weighted by Crippen LogP contribution is -2.61. The van der Waals surface area contributed by atoms with Crippen LogP contribution in [-0.4, -0.2) is 61.5 Å². The molecular weight excluding hydrogens is 262 g/mol. The molecule has 4 nitrogen and oxygen atoms in total. The van der Waals surface area contributed by atoms with E-state index in [-0.39, 0.29) is 11.9 Å². The fourth-order valence-electron chi connectivity index (χ4n) is 3.96. The molecule has 1 amide bonds. The maximum absolute atomic E-state index is 12.4. The van der Waals surface area contributed by atoms with Crippen molar-refractivity contribution in [2.75, 3.05) is 33.7 Å². The van der Waals surface area contributed by atoms with Crippen LogP contribution in [0, 0.1) is 11.3 Å². The molecule has 0 spiro atoms. The van der Waals surface area contributed by atoms with Gasteiger partial charge in [-0.3, -0.25) is 9.69 Å². The van der Waals surface area contributed by atoms with Gasteiger partial charge in [0.2, 0.25) is 5.91 Å². The molecular formula is C17H33N3O. The first-order chi connectivity index (χ1) is 9.80. The average molecular weight is 295 g/mol. The molecule has 1 unspecified atom stereocenters. The van der Waals surface area contributed by atoms with Crippen molar-refractivity contribution in [1.29, 1.82) is 0 Å². The molecule has 2 aliphatic rings. The summed E-state index contributed by atoms with van der Waals surface area (Å²) in [4.78, 5) is 16.6. The molecule has 2 rings (SSSR count). The van der Waals surface area contributed by atoms with Gasteiger partial charge in [0, 0.05) is 39.8 Å². The Balaban J connectivity index is 1.98. The molecule has 0 radical (unpaired) electrons.